The number of hydrogen-bond donors (Lipinski definition) is 2. The van der Waals surface area contributed by atoms with Crippen molar-refractivity contribution in [3.63, 3.8) is 0 Å². The molecule has 1 amide bonds. The van der Waals surface area contributed by atoms with Gasteiger partial charge in [0.1, 0.15) is 25.1 Å². The van der Waals surface area contributed by atoms with Crippen LogP contribution in [-0.4, -0.2) is 67.2 Å². The van der Waals surface area contributed by atoms with E-state index in [4.69, 9.17) is 14.2 Å². The van der Waals surface area contributed by atoms with E-state index in [1.807, 2.05) is 19.9 Å². The van der Waals surface area contributed by atoms with Crippen LogP contribution >= 0.6 is 0 Å². The zero-order valence-electron chi connectivity index (χ0n) is 21.8. The van der Waals surface area contributed by atoms with Crippen molar-refractivity contribution < 1.29 is 28.9 Å². The third-order valence-electron chi connectivity index (χ3n) is 6.66. The Morgan fingerprint density at radius 1 is 1.03 bits per heavy atom. The lowest BCUT2D eigenvalue weighted by atomic mass is 10.0. The first-order chi connectivity index (χ1) is 17.9. The van der Waals surface area contributed by atoms with Gasteiger partial charge in [0.25, 0.3) is 0 Å². The number of hydrogen-bond acceptors (Lipinski definition) is 7. The van der Waals surface area contributed by atoms with Crippen molar-refractivity contribution in [2.75, 3.05) is 39.5 Å². The molecular formula is C29H38N2O6. The average Bonchev–Trinajstić information content (AvgIpc) is 3.41. The SMILES string of the molecule is CC(C)CC(=O)c1ccc(OCCC(=O)NC(CN2CCCC2)C(O)c2ccc3c(c2)OCCO3)cc1. The van der Waals surface area contributed by atoms with E-state index in [0.717, 1.165) is 25.9 Å². The zero-order chi connectivity index (χ0) is 26.2. The fraction of sp³-hybridized carbons (Fsp3) is 0.517. The van der Waals surface area contributed by atoms with Gasteiger partial charge in [-0.2, -0.15) is 0 Å². The van der Waals surface area contributed by atoms with E-state index in [2.05, 4.69) is 10.2 Å². The number of amides is 1. The lowest BCUT2D eigenvalue weighted by molar-refractivity contribution is -0.123. The monoisotopic (exact) mass is 510 g/mol. The fourth-order valence-electron chi connectivity index (χ4n) is 4.71. The Balaban J connectivity index is 1.32. The number of Topliss-reactive ketones (excluding diaryl/α,β-unsaturated/α-hetero) is 1. The number of carbonyl (C=O) groups is 2. The van der Waals surface area contributed by atoms with Gasteiger partial charge >= 0.3 is 0 Å². The fourth-order valence-corrected chi connectivity index (χ4v) is 4.71. The van der Waals surface area contributed by atoms with Gasteiger partial charge in [-0.25, -0.2) is 0 Å². The molecule has 2 heterocycles. The largest absolute Gasteiger partial charge is 0.493 e. The van der Waals surface area contributed by atoms with Crippen molar-refractivity contribution >= 4 is 11.7 Å². The number of aliphatic hydroxyl groups excluding tert-OH is 1. The first kappa shape index (κ1) is 26.9. The van der Waals surface area contributed by atoms with Gasteiger partial charge in [-0.1, -0.05) is 19.9 Å². The van der Waals surface area contributed by atoms with Crippen LogP contribution in [0, 0.1) is 5.92 Å². The van der Waals surface area contributed by atoms with Gasteiger partial charge in [0.05, 0.1) is 19.1 Å². The quantitative estimate of drug-likeness (QED) is 0.420. The predicted molar refractivity (Wildman–Crippen MR) is 140 cm³/mol. The van der Waals surface area contributed by atoms with E-state index in [-0.39, 0.29) is 24.7 Å². The number of aliphatic hydroxyl groups is 1. The van der Waals surface area contributed by atoms with Crippen LogP contribution in [0.25, 0.3) is 0 Å². The summed E-state index contributed by atoms with van der Waals surface area (Å²) in [5.41, 5.74) is 1.34. The molecular weight excluding hydrogens is 472 g/mol. The molecule has 1 fully saturated rings. The van der Waals surface area contributed by atoms with Gasteiger partial charge in [0.15, 0.2) is 17.3 Å². The van der Waals surface area contributed by atoms with E-state index in [0.29, 0.717) is 60.5 Å². The average molecular weight is 511 g/mol. The lowest BCUT2D eigenvalue weighted by Crippen LogP contribution is -2.47. The maximum Gasteiger partial charge on any atom is 0.223 e. The second kappa shape index (κ2) is 12.9. The maximum atomic E-state index is 12.8. The number of rotatable bonds is 12. The first-order valence-corrected chi connectivity index (χ1v) is 13.2. The van der Waals surface area contributed by atoms with Crippen LogP contribution in [0.5, 0.6) is 17.2 Å². The summed E-state index contributed by atoms with van der Waals surface area (Å²) in [6.45, 7) is 7.69. The Morgan fingerprint density at radius 3 is 2.43 bits per heavy atom. The molecule has 0 spiro atoms. The Morgan fingerprint density at radius 2 is 1.73 bits per heavy atom. The molecule has 0 aliphatic carbocycles. The molecule has 0 radical (unpaired) electrons. The summed E-state index contributed by atoms with van der Waals surface area (Å²) in [5, 5.41) is 14.2. The van der Waals surface area contributed by atoms with Crippen LogP contribution in [0.3, 0.4) is 0 Å². The summed E-state index contributed by atoms with van der Waals surface area (Å²) in [7, 11) is 0. The molecule has 37 heavy (non-hydrogen) atoms. The minimum Gasteiger partial charge on any atom is -0.493 e. The summed E-state index contributed by atoms with van der Waals surface area (Å²) < 4.78 is 17.0. The molecule has 2 aliphatic heterocycles. The normalized spacial score (nSPS) is 16.9. The molecule has 2 unspecified atom stereocenters. The summed E-state index contributed by atoms with van der Waals surface area (Å²) in [6.07, 6.45) is 2.01. The smallest absolute Gasteiger partial charge is 0.223 e. The molecule has 1 saturated heterocycles. The van der Waals surface area contributed by atoms with Crippen molar-refractivity contribution in [3.05, 3.63) is 53.6 Å². The predicted octanol–water partition coefficient (Wildman–Crippen LogP) is 3.77. The van der Waals surface area contributed by atoms with Crippen LogP contribution < -0.4 is 19.5 Å². The number of benzene rings is 2. The molecule has 2 N–H and O–H groups in total. The molecule has 200 valence electrons. The van der Waals surface area contributed by atoms with E-state index >= 15 is 0 Å². The van der Waals surface area contributed by atoms with Crippen LogP contribution in [-0.2, 0) is 4.79 Å². The van der Waals surface area contributed by atoms with Gasteiger partial charge in [-0.15, -0.1) is 0 Å². The Bertz CT molecular complexity index is 1050. The molecule has 4 rings (SSSR count). The number of carbonyl (C=O) groups excluding carboxylic acids is 2. The van der Waals surface area contributed by atoms with Crippen LogP contribution in [0.1, 0.15) is 61.6 Å². The van der Waals surface area contributed by atoms with Crippen LogP contribution in [0.15, 0.2) is 42.5 Å². The number of ketones is 1. The van der Waals surface area contributed by atoms with Gasteiger partial charge in [-0.05, 0) is 73.8 Å². The molecule has 2 aliphatic rings. The highest BCUT2D eigenvalue weighted by atomic mass is 16.6. The van der Waals surface area contributed by atoms with E-state index < -0.39 is 12.1 Å². The highest BCUT2D eigenvalue weighted by Gasteiger charge is 2.28. The van der Waals surface area contributed by atoms with Crippen molar-refractivity contribution in [2.24, 2.45) is 5.92 Å². The van der Waals surface area contributed by atoms with Crippen molar-refractivity contribution in [2.45, 2.75) is 51.7 Å². The van der Waals surface area contributed by atoms with Crippen molar-refractivity contribution in [1.82, 2.24) is 10.2 Å². The third kappa shape index (κ3) is 7.69. The Kier molecular flexibility index (Phi) is 9.41. The van der Waals surface area contributed by atoms with E-state index in [9.17, 15) is 14.7 Å². The molecule has 8 nitrogen and oxygen atoms in total. The molecule has 8 heteroatoms. The molecule has 2 atom stereocenters. The lowest BCUT2D eigenvalue weighted by Gasteiger charge is -2.29. The summed E-state index contributed by atoms with van der Waals surface area (Å²) in [4.78, 5) is 27.3. The summed E-state index contributed by atoms with van der Waals surface area (Å²) in [6, 6.07) is 12.0. The van der Waals surface area contributed by atoms with Crippen LogP contribution in [0.4, 0.5) is 0 Å². The van der Waals surface area contributed by atoms with Gasteiger partial charge in [0.2, 0.25) is 5.91 Å². The van der Waals surface area contributed by atoms with E-state index in [1.54, 1.807) is 36.4 Å². The van der Waals surface area contributed by atoms with Gasteiger partial charge in [-0.3, -0.25) is 9.59 Å². The number of fused-ring (bicyclic) bond motifs is 1. The Hall–Kier alpha value is -3.10. The van der Waals surface area contributed by atoms with Crippen LogP contribution in [0.2, 0.25) is 0 Å². The molecule has 0 bridgehead atoms. The highest BCUT2D eigenvalue weighted by molar-refractivity contribution is 5.96. The Labute approximate surface area is 218 Å². The summed E-state index contributed by atoms with van der Waals surface area (Å²) in [5.74, 6) is 2.12. The molecule has 2 aromatic carbocycles. The zero-order valence-corrected chi connectivity index (χ0v) is 21.8. The maximum absolute atomic E-state index is 12.8. The minimum absolute atomic E-state index is 0.113. The number of ether oxygens (including phenoxy) is 3. The highest BCUT2D eigenvalue weighted by Crippen LogP contribution is 2.33. The molecule has 0 saturated carbocycles. The van der Waals surface area contributed by atoms with Crippen molar-refractivity contribution in [1.29, 1.82) is 0 Å². The number of nitrogens with zero attached hydrogens (tertiary/aromatic N) is 1. The molecule has 2 aromatic rings. The third-order valence-corrected chi connectivity index (χ3v) is 6.66. The number of likely N-dealkylation sites (tertiary alicyclic amines) is 1. The topological polar surface area (TPSA) is 97.3 Å². The van der Waals surface area contributed by atoms with Gasteiger partial charge in [0, 0.05) is 18.5 Å². The number of nitrogens with one attached hydrogen (secondary N) is 1. The minimum atomic E-state index is -0.891. The first-order valence-electron chi connectivity index (χ1n) is 13.2. The van der Waals surface area contributed by atoms with Crippen molar-refractivity contribution in [3.8, 4) is 17.2 Å². The second-order valence-corrected chi connectivity index (χ2v) is 10.2. The summed E-state index contributed by atoms with van der Waals surface area (Å²) >= 11 is 0. The molecule has 0 aromatic heterocycles. The second-order valence-electron chi connectivity index (χ2n) is 10.2. The van der Waals surface area contributed by atoms with E-state index in [1.165, 1.54) is 0 Å². The van der Waals surface area contributed by atoms with Gasteiger partial charge < -0.3 is 29.5 Å². The standard InChI is InChI=1S/C29H38N2O6/c1-20(2)17-25(32)21-5-8-23(9-6-21)35-14-11-28(33)30-24(19-31-12-3-4-13-31)29(34)22-7-10-26-27(18-22)37-16-15-36-26/h5-10,18,20,24,29,34H,3-4,11-17,19H2,1-2H3,(H,30,33).